The number of para-hydroxylation sites is 2. The van der Waals surface area contributed by atoms with Crippen molar-refractivity contribution in [2.45, 2.75) is 16.2 Å². The number of hydroxylamine groups is 3. The lowest BCUT2D eigenvalue weighted by Crippen LogP contribution is -2.53. The van der Waals surface area contributed by atoms with E-state index in [0.717, 1.165) is 32.6 Å². The molecule has 0 radical (unpaired) electrons. The number of hydrogen-bond acceptors (Lipinski definition) is 4. The van der Waals surface area contributed by atoms with Crippen molar-refractivity contribution in [2.75, 3.05) is 51.2 Å². The second-order valence-electron chi connectivity index (χ2n) is 7.13. The van der Waals surface area contributed by atoms with E-state index in [1.807, 2.05) is 11.8 Å². The Bertz CT molecular complexity index is 694. The van der Waals surface area contributed by atoms with Gasteiger partial charge in [0.15, 0.2) is 0 Å². The van der Waals surface area contributed by atoms with Gasteiger partial charge in [-0.2, -0.15) is 0 Å². The van der Waals surface area contributed by atoms with Crippen molar-refractivity contribution in [1.82, 2.24) is 4.90 Å². The van der Waals surface area contributed by atoms with Crippen molar-refractivity contribution in [1.29, 1.82) is 0 Å². The van der Waals surface area contributed by atoms with Gasteiger partial charge in [-0.3, -0.25) is 4.90 Å². The largest absolute Gasteiger partial charge is 0.633 e. The average Bonchev–Trinajstić information content (AvgIpc) is 2.62. The Hall–Kier alpha value is -1.53. The summed E-state index contributed by atoms with van der Waals surface area (Å²) in [5, 5.41) is 12.0. The summed E-state index contributed by atoms with van der Waals surface area (Å²) in [4.78, 5) is 7.56. The smallest absolute Gasteiger partial charge is 0.0911 e. The third-order valence-corrected chi connectivity index (χ3v) is 6.30. The van der Waals surface area contributed by atoms with Gasteiger partial charge in [0.1, 0.15) is 0 Å². The molecule has 1 saturated heterocycles. The summed E-state index contributed by atoms with van der Waals surface area (Å²) in [6.45, 7) is 5.34. The zero-order valence-electron chi connectivity index (χ0n) is 14.7. The third kappa shape index (κ3) is 3.70. The predicted octanol–water partition coefficient (Wildman–Crippen LogP) is 3.94. The normalized spacial score (nSPS) is 19.4. The fraction of sp³-hybridized carbons (Fsp3) is 0.400. The Balaban J connectivity index is 1.44. The van der Waals surface area contributed by atoms with E-state index in [1.54, 1.807) is 7.05 Å². The van der Waals surface area contributed by atoms with Crippen molar-refractivity contribution in [3.63, 3.8) is 0 Å². The van der Waals surface area contributed by atoms with Gasteiger partial charge in [-0.25, -0.2) is 0 Å². The number of anilines is 2. The highest BCUT2D eigenvalue weighted by Gasteiger charge is 2.24. The van der Waals surface area contributed by atoms with E-state index in [-0.39, 0.29) is 4.65 Å². The summed E-state index contributed by atoms with van der Waals surface area (Å²) in [6.07, 6.45) is 1.11. The van der Waals surface area contributed by atoms with Crippen molar-refractivity contribution < 1.29 is 4.65 Å². The van der Waals surface area contributed by atoms with E-state index in [0.29, 0.717) is 13.1 Å². The Labute approximate surface area is 154 Å². The summed E-state index contributed by atoms with van der Waals surface area (Å²) in [5.41, 5.74) is 2.63. The molecule has 0 saturated carbocycles. The molecule has 0 atom stereocenters. The summed E-state index contributed by atoms with van der Waals surface area (Å²) < 4.78 is -0.0827. The van der Waals surface area contributed by atoms with Gasteiger partial charge in [0, 0.05) is 36.0 Å². The van der Waals surface area contributed by atoms with Crippen LogP contribution in [0.15, 0.2) is 58.3 Å². The summed E-state index contributed by atoms with van der Waals surface area (Å²) in [7, 11) is 1.79. The molecule has 1 fully saturated rings. The molecule has 25 heavy (non-hydrogen) atoms. The zero-order chi connectivity index (χ0) is 17.3. The first-order chi connectivity index (χ1) is 12.1. The maximum atomic E-state index is 12.0. The lowest BCUT2D eigenvalue weighted by molar-refractivity contribution is -0.865. The minimum Gasteiger partial charge on any atom is -0.633 e. The molecule has 4 rings (SSSR count). The van der Waals surface area contributed by atoms with Gasteiger partial charge in [-0.05, 0) is 30.7 Å². The van der Waals surface area contributed by atoms with Crippen LogP contribution in [0.25, 0.3) is 0 Å². The van der Waals surface area contributed by atoms with Gasteiger partial charge in [-0.15, -0.1) is 0 Å². The van der Waals surface area contributed by atoms with Gasteiger partial charge in [-0.1, -0.05) is 36.0 Å². The maximum Gasteiger partial charge on any atom is 0.0911 e. The van der Waals surface area contributed by atoms with Crippen LogP contribution in [0.4, 0.5) is 11.4 Å². The van der Waals surface area contributed by atoms with Crippen LogP contribution in [0.1, 0.15) is 6.42 Å². The standard InChI is InChI=1S/C20H25N3OS/c1-23(24)15-13-21(14-16-23)11-6-12-22-17-7-2-4-9-19(17)25-20-10-5-3-8-18(20)22/h2-5,7-10H,6,11-16H2,1H3. The van der Waals surface area contributed by atoms with Crippen LogP contribution < -0.4 is 4.90 Å². The molecule has 2 aliphatic rings. The number of rotatable bonds is 4. The Morgan fingerprint density at radius 1 is 0.920 bits per heavy atom. The van der Waals surface area contributed by atoms with Gasteiger partial charge in [0.2, 0.25) is 0 Å². The van der Waals surface area contributed by atoms with Crippen LogP contribution >= 0.6 is 11.8 Å². The van der Waals surface area contributed by atoms with E-state index in [2.05, 4.69) is 58.3 Å². The highest BCUT2D eigenvalue weighted by atomic mass is 32.2. The first kappa shape index (κ1) is 16.9. The lowest BCUT2D eigenvalue weighted by Gasteiger charge is -2.45. The molecule has 0 amide bonds. The highest BCUT2D eigenvalue weighted by Crippen LogP contribution is 2.47. The molecule has 132 valence electrons. The maximum absolute atomic E-state index is 12.0. The van der Waals surface area contributed by atoms with Crippen molar-refractivity contribution in [3.05, 3.63) is 53.7 Å². The molecule has 2 aliphatic heterocycles. The quantitative estimate of drug-likeness (QED) is 0.614. The second kappa shape index (κ2) is 7.00. The first-order valence-corrected chi connectivity index (χ1v) is 9.85. The monoisotopic (exact) mass is 355 g/mol. The number of quaternary nitrogens is 1. The van der Waals surface area contributed by atoms with Gasteiger partial charge in [0.25, 0.3) is 0 Å². The van der Waals surface area contributed by atoms with Crippen molar-refractivity contribution in [3.8, 4) is 0 Å². The summed E-state index contributed by atoms with van der Waals surface area (Å²) in [6, 6.07) is 17.3. The fourth-order valence-electron chi connectivity index (χ4n) is 3.63. The molecule has 0 aliphatic carbocycles. The number of benzene rings is 2. The number of piperazine rings is 1. The van der Waals surface area contributed by atoms with E-state index in [9.17, 15) is 5.21 Å². The molecule has 4 nitrogen and oxygen atoms in total. The fourth-order valence-corrected chi connectivity index (χ4v) is 4.72. The molecule has 2 aromatic rings. The van der Waals surface area contributed by atoms with Crippen molar-refractivity contribution in [2.24, 2.45) is 0 Å². The number of nitrogens with zero attached hydrogens (tertiary/aromatic N) is 3. The van der Waals surface area contributed by atoms with Gasteiger partial charge in [0.05, 0.1) is 31.5 Å². The molecule has 0 aromatic heterocycles. The van der Waals surface area contributed by atoms with Crippen LogP contribution in [0.5, 0.6) is 0 Å². The van der Waals surface area contributed by atoms with Crippen molar-refractivity contribution >= 4 is 23.1 Å². The average molecular weight is 356 g/mol. The van der Waals surface area contributed by atoms with Gasteiger partial charge >= 0.3 is 0 Å². The molecule has 0 bridgehead atoms. The highest BCUT2D eigenvalue weighted by molar-refractivity contribution is 7.99. The molecule has 0 spiro atoms. The topological polar surface area (TPSA) is 29.5 Å². The third-order valence-electron chi connectivity index (χ3n) is 5.17. The molecular weight excluding hydrogens is 330 g/mol. The van der Waals surface area contributed by atoms with E-state index >= 15 is 0 Å². The van der Waals surface area contributed by atoms with Crippen LogP contribution in [0.3, 0.4) is 0 Å². The lowest BCUT2D eigenvalue weighted by atomic mass is 10.2. The van der Waals surface area contributed by atoms with Crippen LogP contribution in [-0.2, 0) is 0 Å². The van der Waals surface area contributed by atoms with E-state index in [4.69, 9.17) is 0 Å². The number of likely N-dealkylation sites (N-methyl/N-ethyl adjacent to an activating group) is 1. The molecule has 0 N–H and O–H groups in total. The first-order valence-electron chi connectivity index (χ1n) is 9.04. The number of hydrogen-bond donors (Lipinski definition) is 0. The van der Waals surface area contributed by atoms with E-state index in [1.165, 1.54) is 21.2 Å². The second-order valence-corrected chi connectivity index (χ2v) is 8.21. The van der Waals surface area contributed by atoms with Crippen LogP contribution in [0.2, 0.25) is 0 Å². The van der Waals surface area contributed by atoms with Gasteiger partial charge < -0.3 is 14.8 Å². The molecule has 2 heterocycles. The minimum atomic E-state index is -0.0827. The van der Waals surface area contributed by atoms with E-state index < -0.39 is 0 Å². The van der Waals surface area contributed by atoms with Crippen LogP contribution in [0, 0.1) is 5.21 Å². The summed E-state index contributed by atoms with van der Waals surface area (Å²) in [5.74, 6) is 0. The molecule has 2 aromatic carbocycles. The van der Waals surface area contributed by atoms with Crippen LogP contribution in [-0.4, -0.2) is 55.9 Å². The SMILES string of the molecule is C[N+]1([O-])CCN(CCCN2c3ccccc3Sc3ccccc32)CC1. The number of fused-ring (bicyclic) bond motifs is 2. The Kier molecular flexibility index (Phi) is 4.73. The summed E-state index contributed by atoms with van der Waals surface area (Å²) >= 11 is 1.86. The predicted molar refractivity (Wildman–Crippen MR) is 104 cm³/mol. The Morgan fingerprint density at radius 3 is 2.08 bits per heavy atom. The minimum absolute atomic E-state index is 0.0827. The zero-order valence-corrected chi connectivity index (χ0v) is 15.5. The Morgan fingerprint density at radius 2 is 1.48 bits per heavy atom. The molecule has 5 heteroatoms. The molecule has 0 unspecified atom stereocenters. The molecular formula is C20H25N3OS.